The summed E-state index contributed by atoms with van der Waals surface area (Å²) < 4.78 is 0. The molecule has 21 heavy (non-hydrogen) atoms. The Kier molecular flexibility index (Phi) is 9.12. The van der Waals surface area contributed by atoms with Crippen molar-refractivity contribution in [1.29, 1.82) is 0 Å². The molecule has 0 saturated heterocycles. The summed E-state index contributed by atoms with van der Waals surface area (Å²) in [4.78, 5) is 20.1. The van der Waals surface area contributed by atoms with Gasteiger partial charge in [-0.05, 0) is 12.1 Å². The fourth-order valence-corrected chi connectivity index (χ4v) is 2.23. The molecule has 8 heteroatoms. The number of carbonyl (C=O) groups excluding carboxylic acids is 1. The van der Waals surface area contributed by atoms with Crippen molar-refractivity contribution < 1.29 is 4.79 Å². The Bertz CT molecular complexity index is 550. The maximum atomic E-state index is 11.6. The van der Waals surface area contributed by atoms with Gasteiger partial charge in [0, 0.05) is 35.8 Å². The largest absolute Gasteiger partial charge is 0.349 e. The molecule has 2 aromatic heterocycles. The molecule has 1 atom stereocenters. The third-order valence-electron chi connectivity index (χ3n) is 2.74. The quantitative estimate of drug-likeness (QED) is 0.868. The summed E-state index contributed by atoms with van der Waals surface area (Å²) in [7, 11) is 0. The van der Waals surface area contributed by atoms with E-state index in [-0.39, 0.29) is 36.6 Å². The van der Waals surface area contributed by atoms with Crippen LogP contribution in [0.15, 0.2) is 29.9 Å². The lowest BCUT2D eigenvalue weighted by atomic mass is 10.2. The minimum atomic E-state index is -0.167. The first kappa shape index (κ1) is 19.8. The van der Waals surface area contributed by atoms with Crippen LogP contribution in [0.2, 0.25) is 0 Å². The lowest BCUT2D eigenvalue weighted by Gasteiger charge is -2.07. The molecule has 3 N–H and O–H groups in total. The Morgan fingerprint density at radius 3 is 2.67 bits per heavy atom. The highest BCUT2D eigenvalue weighted by Crippen LogP contribution is 2.20. The maximum absolute atomic E-state index is 11.6. The molecule has 0 aliphatic rings. The van der Waals surface area contributed by atoms with E-state index in [1.807, 2.05) is 17.5 Å². The molecule has 1 unspecified atom stereocenters. The van der Waals surface area contributed by atoms with Crippen molar-refractivity contribution in [3.8, 4) is 11.3 Å². The third-order valence-corrected chi connectivity index (χ3v) is 3.59. The highest BCUT2D eigenvalue weighted by molar-refractivity contribution is 7.09. The van der Waals surface area contributed by atoms with Crippen molar-refractivity contribution in [3.63, 3.8) is 0 Å². The van der Waals surface area contributed by atoms with Gasteiger partial charge in [-0.3, -0.25) is 9.78 Å². The van der Waals surface area contributed by atoms with Gasteiger partial charge in [-0.2, -0.15) is 0 Å². The molecule has 116 valence electrons. The second-order valence-corrected chi connectivity index (χ2v) is 5.16. The summed E-state index contributed by atoms with van der Waals surface area (Å²) in [5.41, 5.74) is 7.38. The molecule has 0 bridgehead atoms. The van der Waals surface area contributed by atoms with Gasteiger partial charge < -0.3 is 11.1 Å². The van der Waals surface area contributed by atoms with Crippen LogP contribution in [0.3, 0.4) is 0 Å². The molecule has 0 aliphatic carbocycles. The second kappa shape index (κ2) is 9.68. The maximum Gasteiger partial charge on any atom is 0.224 e. The van der Waals surface area contributed by atoms with Crippen molar-refractivity contribution in [1.82, 2.24) is 15.3 Å². The van der Waals surface area contributed by atoms with E-state index in [4.69, 9.17) is 5.73 Å². The van der Waals surface area contributed by atoms with Gasteiger partial charge in [-0.1, -0.05) is 6.92 Å². The van der Waals surface area contributed by atoms with Gasteiger partial charge >= 0.3 is 0 Å². The zero-order chi connectivity index (χ0) is 13.7. The van der Waals surface area contributed by atoms with Crippen LogP contribution in [-0.2, 0) is 11.3 Å². The molecule has 0 aromatic carbocycles. The lowest BCUT2D eigenvalue weighted by molar-refractivity contribution is -0.124. The number of hydrogen-bond acceptors (Lipinski definition) is 5. The number of rotatable bonds is 5. The number of hydrogen-bond donors (Lipinski definition) is 2. The molecule has 0 fully saturated rings. The van der Waals surface area contributed by atoms with E-state index in [2.05, 4.69) is 15.3 Å². The molecule has 0 radical (unpaired) electrons. The summed E-state index contributed by atoms with van der Waals surface area (Å²) in [5, 5.41) is 5.69. The zero-order valence-electron chi connectivity index (χ0n) is 11.5. The number of thiazole rings is 1. The van der Waals surface area contributed by atoms with E-state index in [1.54, 1.807) is 19.3 Å². The average Bonchev–Trinajstić information content (AvgIpc) is 2.93. The molecular formula is C13H18Cl2N4OS. The van der Waals surface area contributed by atoms with Crippen LogP contribution in [0.1, 0.15) is 11.9 Å². The van der Waals surface area contributed by atoms with Crippen LogP contribution in [0.4, 0.5) is 0 Å². The minimum absolute atomic E-state index is 0. The smallest absolute Gasteiger partial charge is 0.224 e. The SMILES string of the molecule is CC(CN)C(=O)NCc1nc(-c2ccncc2)cs1.Cl.Cl. The standard InChI is InChI=1S/C13H16N4OS.2ClH/c1-9(6-14)13(18)16-7-12-17-11(8-19-12)10-2-4-15-5-3-10;;/h2-5,8-9H,6-7,14H2,1H3,(H,16,18);2*1H. The molecule has 0 saturated carbocycles. The molecular weight excluding hydrogens is 331 g/mol. The summed E-state index contributed by atoms with van der Waals surface area (Å²) in [6, 6.07) is 3.82. The Hall–Kier alpha value is -1.21. The van der Waals surface area contributed by atoms with Crippen molar-refractivity contribution in [2.24, 2.45) is 11.7 Å². The predicted molar refractivity (Wildman–Crippen MR) is 89.9 cm³/mol. The van der Waals surface area contributed by atoms with Crippen molar-refractivity contribution in [2.75, 3.05) is 6.54 Å². The van der Waals surface area contributed by atoms with Crippen LogP contribution in [-0.4, -0.2) is 22.4 Å². The van der Waals surface area contributed by atoms with E-state index < -0.39 is 0 Å². The van der Waals surface area contributed by atoms with Crippen LogP contribution in [0.5, 0.6) is 0 Å². The Balaban J connectivity index is 0.00000200. The first-order chi connectivity index (χ1) is 9.20. The van der Waals surface area contributed by atoms with Crippen LogP contribution < -0.4 is 11.1 Å². The van der Waals surface area contributed by atoms with E-state index in [0.717, 1.165) is 16.3 Å². The van der Waals surface area contributed by atoms with E-state index in [1.165, 1.54) is 11.3 Å². The van der Waals surface area contributed by atoms with E-state index in [0.29, 0.717) is 13.1 Å². The number of aromatic nitrogens is 2. The van der Waals surface area contributed by atoms with Gasteiger partial charge in [0.25, 0.3) is 0 Å². The number of halogens is 2. The number of nitrogens with one attached hydrogen (secondary N) is 1. The second-order valence-electron chi connectivity index (χ2n) is 4.22. The third kappa shape index (κ3) is 5.59. The van der Waals surface area contributed by atoms with Gasteiger partial charge in [0.2, 0.25) is 5.91 Å². The highest BCUT2D eigenvalue weighted by Gasteiger charge is 2.11. The number of pyridine rings is 1. The number of nitrogens with zero attached hydrogens (tertiary/aromatic N) is 2. The monoisotopic (exact) mass is 348 g/mol. The van der Waals surface area contributed by atoms with Crippen LogP contribution >= 0.6 is 36.2 Å². The first-order valence-electron chi connectivity index (χ1n) is 6.03. The fraction of sp³-hybridized carbons (Fsp3) is 0.308. The van der Waals surface area contributed by atoms with Crippen LogP contribution in [0, 0.1) is 5.92 Å². The zero-order valence-corrected chi connectivity index (χ0v) is 13.9. The van der Waals surface area contributed by atoms with Gasteiger partial charge in [0.05, 0.1) is 12.2 Å². The number of carbonyl (C=O) groups is 1. The molecule has 2 aromatic rings. The van der Waals surface area contributed by atoms with E-state index in [9.17, 15) is 4.79 Å². The minimum Gasteiger partial charge on any atom is -0.349 e. The van der Waals surface area contributed by atoms with E-state index >= 15 is 0 Å². The van der Waals surface area contributed by atoms with Crippen molar-refractivity contribution in [2.45, 2.75) is 13.5 Å². The summed E-state index contributed by atoms with van der Waals surface area (Å²) in [6.07, 6.45) is 3.47. The number of amides is 1. The van der Waals surface area contributed by atoms with Crippen LogP contribution in [0.25, 0.3) is 11.3 Å². The van der Waals surface area contributed by atoms with Gasteiger partial charge in [0.15, 0.2) is 0 Å². The van der Waals surface area contributed by atoms with Crippen molar-refractivity contribution in [3.05, 3.63) is 34.9 Å². The molecule has 0 spiro atoms. The molecule has 2 heterocycles. The first-order valence-corrected chi connectivity index (χ1v) is 6.91. The van der Waals surface area contributed by atoms with Gasteiger partial charge in [-0.25, -0.2) is 4.98 Å². The Morgan fingerprint density at radius 1 is 1.38 bits per heavy atom. The molecule has 1 amide bonds. The Labute approximate surface area is 140 Å². The fourth-order valence-electron chi connectivity index (χ4n) is 1.49. The predicted octanol–water partition coefficient (Wildman–Crippen LogP) is 2.26. The average molecular weight is 349 g/mol. The summed E-state index contributed by atoms with van der Waals surface area (Å²) in [6.45, 7) is 2.60. The lowest BCUT2D eigenvalue weighted by Crippen LogP contribution is -2.32. The molecule has 2 rings (SSSR count). The van der Waals surface area contributed by atoms with Gasteiger partial charge in [-0.15, -0.1) is 36.2 Å². The molecule has 0 aliphatic heterocycles. The Morgan fingerprint density at radius 2 is 2.05 bits per heavy atom. The topological polar surface area (TPSA) is 80.9 Å². The number of nitrogens with two attached hydrogens (primary N) is 1. The van der Waals surface area contributed by atoms with Gasteiger partial charge in [0.1, 0.15) is 5.01 Å². The summed E-state index contributed by atoms with van der Waals surface area (Å²) >= 11 is 1.53. The summed E-state index contributed by atoms with van der Waals surface area (Å²) in [5.74, 6) is -0.206. The molecule has 5 nitrogen and oxygen atoms in total. The van der Waals surface area contributed by atoms with Crippen molar-refractivity contribution >= 4 is 42.1 Å². The highest BCUT2D eigenvalue weighted by atomic mass is 35.5. The normalized spacial score (nSPS) is 11.0.